The molecule has 1 atom stereocenters. The van der Waals surface area contributed by atoms with Crippen molar-refractivity contribution < 1.29 is 13.6 Å². The quantitative estimate of drug-likeness (QED) is 0.540. The Labute approximate surface area is 161 Å². The van der Waals surface area contributed by atoms with Crippen molar-refractivity contribution in [1.82, 2.24) is 9.97 Å². The molecule has 2 heterocycles. The summed E-state index contributed by atoms with van der Waals surface area (Å²) in [4.78, 5) is 22.2. The second-order valence-corrected chi connectivity index (χ2v) is 6.69. The molecule has 0 bridgehead atoms. The fraction of sp³-hybridized carbons (Fsp3) is 0.389. The van der Waals surface area contributed by atoms with E-state index < -0.39 is 24.8 Å². The number of primary amides is 1. The Morgan fingerprint density at radius 2 is 2.18 bits per heavy atom. The highest BCUT2D eigenvalue weighted by atomic mass is 19.3. The van der Waals surface area contributed by atoms with Crippen molar-refractivity contribution in [2.24, 2.45) is 11.5 Å². The van der Waals surface area contributed by atoms with Crippen molar-refractivity contribution in [3.63, 3.8) is 0 Å². The first-order chi connectivity index (χ1) is 13.3. The number of halogens is 2. The molecule has 0 radical (unpaired) electrons. The second-order valence-electron chi connectivity index (χ2n) is 6.69. The Hall–Kier alpha value is -3.01. The number of alkyl halides is 2. The Morgan fingerprint density at radius 1 is 1.39 bits per heavy atom. The second kappa shape index (κ2) is 8.34. The monoisotopic (exact) mass is 391 g/mol. The number of hydrogen-bond acceptors (Lipinski definition) is 7. The molecule has 0 fully saturated rings. The zero-order chi connectivity index (χ0) is 20.3. The number of fused-ring (bicyclic) bond motifs is 1. The predicted octanol–water partition coefficient (Wildman–Crippen LogP) is 1.71. The van der Waals surface area contributed by atoms with Crippen molar-refractivity contribution in [2.75, 3.05) is 35.7 Å². The van der Waals surface area contributed by atoms with Crippen LogP contribution in [-0.4, -0.2) is 48.5 Å². The highest BCUT2D eigenvalue weighted by Crippen LogP contribution is 2.34. The van der Waals surface area contributed by atoms with E-state index in [1.165, 1.54) is 6.20 Å². The summed E-state index contributed by atoms with van der Waals surface area (Å²) in [7, 11) is 2.01. The van der Waals surface area contributed by atoms with Crippen molar-refractivity contribution in [2.45, 2.75) is 25.3 Å². The van der Waals surface area contributed by atoms with Crippen LogP contribution in [0, 0.1) is 0 Å². The number of hydrogen-bond donors (Lipinski definition) is 4. The van der Waals surface area contributed by atoms with Gasteiger partial charge in [-0.2, -0.15) is 4.98 Å². The Bertz CT molecular complexity index is 862. The van der Waals surface area contributed by atoms with Crippen LogP contribution in [0.15, 0.2) is 24.4 Å². The first-order valence-corrected chi connectivity index (χ1v) is 8.89. The molecule has 2 aromatic rings. The van der Waals surface area contributed by atoms with Crippen LogP contribution in [0.25, 0.3) is 0 Å². The smallest absolute Gasteiger partial charge is 0.254 e. The van der Waals surface area contributed by atoms with Crippen LogP contribution in [-0.2, 0) is 6.42 Å². The van der Waals surface area contributed by atoms with Gasteiger partial charge in [0.05, 0.1) is 0 Å². The number of nitrogens with zero attached hydrogens (tertiary/aromatic N) is 3. The van der Waals surface area contributed by atoms with Gasteiger partial charge in [-0.1, -0.05) is 6.07 Å². The normalized spacial score (nSPS) is 14.1. The topological polar surface area (TPSA) is 122 Å². The van der Waals surface area contributed by atoms with Gasteiger partial charge >= 0.3 is 0 Å². The van der Waals surface area contributed by atoms with Gasteiger partial charge in [0.25, 0.3) is 5.91 Å². The molecule has 0 saturated carbocycles. The minimum Gasteiger partial charge on any atom is -0.374 e. The van der Waals surface area contributed by atoms with Gasteiger partial charge in [0.1, 0.15) is 11.4 Å². The summed E-state index contributed by atoms with van der Waals surface area (Å²) in [6.45, 7) is 0.973. The van der Waals surface area contributed by atoms with Gasteiger partial charge in [-0.05, 0) is 18.6 Å². The molecule has 6 N–H and O–H groups in total. The third kappa shape index (κ3) is 4.45. The standard InChI is InChI=1S/C18H23F2N7O/c1-27-6-5-11-13(3-2-4-14(11)27)25-17-12(16(22)28)9-24-18(26-17)23-8-10(21)7-15(19)20/h2-4,9-10,15H,5-8,21H2,1H3,(H2,22,28)(H2,23,24,25,26). The number of carbonyl (C=O) groups excluding carboxylic acids is 1. The van der Waals surface area contributed by atoms with Gasteiger partial charge < -0.3 is 27.0 Å². The molecule has 1 aromatic heterocycles. The molecule has 0 spiro atoms. The van der Waals surface area contributed by atoms with Crippen LogP contribution >= 0.6 is 0 Å². The fourth-order valence-electron chi connectivity index (χ4n) is 3.12. The average molecular weight is 391 g/mol. The summed E-state index contributed by atoms with van der Waals surface area (Å²) in [5, 5.41) is 5.99. The van der Waals surface area contributed by atoms with Crippen LogP contribution in [0.3, 0.4) is 0 Å². The number of amides is 1. The van der Waals surface area contributed by atoms with Crippen LogP contribution in [0.4, 0.5) is 31.9 Å². The predicted molar refractivity (Wildman–Crippen MR) is 104 cm³/mol. The third-order valence-corrected chi connectivity index (χ3v) is 4.57. The summed E-state index contributed by atoms with van der Waals surface area (Å²) in [6, 6.07) is 5.09. The average Bonchev–Trinajstić information content (AvgIpc) is 3.02. The maximum Gasteiger partial charge on any atom is 0.254 e. The molecule has 1 aromatic carbocycles. The van der Waals surface area contributed by atoms with E-state index in [4.69, 9.17) is 11.5 Å². The van der Waals surface area contributed by atoms with E-state index in [0.717, 1.165) is 29.9 Å². The van der Waals surface area contributed by atoms with E-state index >= 15 is 0 Å². The number of carbonyl (C=O) groups is 1. The lowest BCUT2D eigenvalue weighted by Crippen LogP contribution is -2.31. The van der Waals surface area contributed by atoms with Crippen molar-refractivity contribution in [1.29, 1.82) is 0 Å². The van der Waals surface area contributed by atoms with E-state index in [9.17, 15) is 13.6 Å². The zero-order valence-electron chi connectivity index (χ0n) is 15.5. The molecular formula is C18H23F2N7O. The molecule has 150 valence electrons. The highest BCUT2D eigenvalue weighted by molar-refractivity contribution is 5.98. The maximum absolute atomic E-state index is 12.4. The molecule has 1 unspecified atom stereocenters. The minimum absolute atomic E-state index is 0.0746. The van der Waals surface area contributed by atoms with Crippen LogP contribution in [0.2, 0.25) is 0 Å². The lowest BCUT2D eigenvalue weighted by molar-refractivity contribution is 0.100. The molecule has 0 aliphatic carbocycles. The SMILES string of the molecule is CN1CCc2c(Nc3nc(NCC(N)CC(F)F)ncc3C(N)=O)cccc21. The van der Waals surface area contributed by atoms with E-state index in [2.05, 4.69) is 25.5 Å². The van der Waals surface area contributed by atoms with Crippen molar-refractivity contribution in [3.8, 4) is 0 Å². The van der Waals surface area contributed by atoms with E-state index in [1.54, 1.807) is 0 Å². The summed E-state index contributed by atoms with van der Waals surface area (Å²) in [6.07, 6.45) is -0.750. The lowest BCUT2D eigenvalue weighted by Gasteiger charge is -2.16. The lowest BCUT2D eigenvalue weighted by atomic mass is 10.1. The number of rotatable bonds is 8. The summed E-state index contributed by atoms with van der Waals surface area (Å²) >= 11 is 0. The van der Waals surface area contributed by atoms with Gasteiger partial charge in [0.2, 0.25) is 12.4 Å². The van der Waals surface area contributed by atoms with Crippen molar-refractivity contribution >= 4 is 29.0 Å². The van der Waals surface area contributed by atoms with Crippen LogP contribution in [0.5, 0.6) is 0 Å². The molecule has 3 rings (SSSR count). The third-order valence-electron chi connectivity index (χ3n) is 4.57. The zero-order valence-corrected chi connectivity index (χ0v) is 15.5. The van der Waals surface area contributed by atoms with Crippen LogP contribution < -0.4 is 27.0 Å². The van der Waals surface area contributed by atoms with Crippen LogP contribution in [0.1, 0.15) is 22.3 Å². The van der Waals surface area contributed by atoms with Gasteiger partial charge in [-0.15, -0.1) is 0 Å². The summed E-state index contributed by atoms with van der Waals surface area (Å²) in [5.41, 5.74) is 14.3. The van der Waals surface area contributed by atoms with Gasteiger partial charge in [0.15, 0.2) is 0 Å². The van der Waals surface area contributed by atoms with Gasteiger partial charge in [0, 0.05) is 55.7 Å². The number of aromatic nitrogens is 2. The van der Waals surface area contributed by atoms with E-state index in [0.29, 0.717) is 0 Å². The number of nitrogens with two attached hydrogens (primary N) is 2. The van der Waals surface area contributed by atoms with Gasteiger partial charge in [-0.25, -0.2) is 13.8 Å². The first kappa shape index (κ1) is 19.7. The number of likely N-dealkylation sites (N-methyl/N-ethyl adjacent to an activating group) is 1. The number of anilines is 4. The Kier molecular flexibility index (Phi) is 5.88. The molecule has 0 saturated heterocycles. The molecule has 1 aliphatic heterocycles. The molecule has 10 heteroatoms. The Morgan fingerprint density at radius 3 is 2.89 bits per heavy atom. The first-order valence-electron chi connectivity index (χ1n) is 8.89. The summed E-state index contributed by atoms with van der Waals surface area (Å²) in [5.74, 6) is -0.259. The number of nitrogens with one attached hydrogen (secondary N) is 2. The largest absolute Gasteiger partial charge is 0.374 e. The minimum atomic E-state index is -2.48. The van der Waals surface area contributed by atoms with Crippen molar-refractivity contribution in [3.05, 3.63) is 35.5 Å². The molecule has 28 heavy (non-hydrogen) atoms. The number of benzene rings is 1. The van der Waals surface area contributed by atoms with Gasteiger partial charge in [-0.3, -0.25) is 4.79 Å². The van der Waals surface area contributed by atoms with E-state index in [-0.39, 0.29) is 23.9 Å². The molecule has 1 amide bonds. The fourth-order valence-corrected chi connectivity index (χ4v) is 3.12. The summed E-state index contributed by atoms with van der Waals surface area (Å²) < 4.78 is 24.8. The highest BCUT2D eigenvalue weighted by Gasteiger charge is 2.20. The molecule has 8 nitrogen and oxygen atoms in total. The maximum atomic E-state index is 12.4. The molecule has 1 aliphatic rings. The van der Waals surface area contributed by atoms with E-state index in [1.807, 2.05) is 25.2 Å². The molecular weight excluding hydrogens is 368 g/mol. The Balaban J connectivity index is 1.82.